The summed E-state index contributed by atoms with van der Waals surface area (Å²) in [5.74, 6) is -1.34. The predicted molar refractivity (Wildman–Crippen MR) is 99.1 cm³/mol. The molecule has 0 aliphatic heterocycles. The molecule has 2 aromatic rings. The van der Waals surface area contributed by atoms with Crippen LogP contribution in [0.1, 0.15) is 36.6 Å². The number of halogens is 1. The molecule has 0 bridgehead atoms. The lowest BCUT2D eigenvalue weighted by Gasteiger charge is -2.21. The Morgan fingerprint density at radius 1 is 0.962 bits per heavy atom. The first-order valence-corrected chi connectivity index (χ1v) is 8.41. The molecule has 136 valence electrons. The van der Waals surface area contributed by atoms with Crippen LogP contribution in [0.4, 0.5) is 0 Å². The van der Waals surface area contributed by atoms with Gasteiger partial charge in [-0.3, -0.25) is 14.4 Å². The van der Waals surface area contributed by atoms with E-state index in [1.807, 2.05) is 0 Å². The van der Waals surface area contributed by atoms with Gasteiger partial charge in [0.15, 0.2) is 0 Å². The topological polar surface area (TPSA) is 101 Å². The molecule has 2 atom stereocenters. The molecule has 0 aliphatic carbocycles. The highest BCUT2D eigenvalue weighted by molar-refractivity contribution is 6.30. The molecule has 0 saturated heterocycles. The molecular formula is C19H20ClN3O3. The van der Waals surface area contributed by atoms with Crippen LogP contribution in [-0.2, 0) is 14.4 Å². The van der Waals surface area contributed by atoms with E-state index in [4.69, 9.17) is 17.3 Å². The zero-order chi connectivity index (χ0) is 19.1. The van der Waals surface area contributed by atoms with Gasteiger partial charge in [-0.2, -0.15) is 0 Å². The van der Waals surface area contributed by atoms with E-state index >= 15 is 0 Å². The van der Waals surface area contributed by atoms with Crippen LogP contribution in [0.3, 0.4) is 0 Å². The van der Waals surface area contributed by atoms with E-state index in [2.05, 4.69) is 10.6 Å². The fourth-order valence-corrected chi connectivity index (χ4v) is 2.69. The summed E-state index contributed by atoms with van der Waals surface area (Å²) in [7, 11) is 0. The summed E-state index contributed by atoms with van der Waals surface area (Å²) in [6.45, 7) is 1.37. The van der Waals surface area contributed by atoms with Crippen LogP contribution in [0, 0.1) is 0 Å². The van der Waals surface area contributed by atoms with Crippen molar-refractivity contribution in [1.29, 1.82) is 0 Å². The Morgan fingerprint density at radius 2 is 1.58 bits per heavy atom. The molecule has 7 heteroatoms. The molecule has 0 radical (unpaired) electrons. The number of nitrogens with two attached hydrogens (primary N) is 1. The van der Waals surface area contributed by atoms with Gasteiger partial charge < -0.3 is 16.4 Å². The maximum atomic E-state index is 12.5. The smallest absolute Gasteiger partial charge is 0.244 e. The monoisotopic (exact) mass is 373 g/mol. The van der Waals surface area contributed by atoms with Crippen LogP contribution in [0.25, 0.3) is 0 Å². The largest absolute Gasteiger partial charge is 0.368 e. The number of carbonyl (C=O) groups is 3. The highest BCUT2D eigenvalue weighted by Gasteiger charge is 2.23. The second kappa shape index (κ2) is 9.01. The lowest BCUT2D eigenvalue weighted by molar-refractivity contribution is -0.128. The third kappa shape index (κ3) is 5.60. The number of benzene rings is 2. The lowest BCUT2D eigenvalue weighted by atomic mass is 10.0. The Hall–Kier alpha value is -2.86. The van der Waals surface area contributed by atoms with Crippen molar-refractivity contribution in [2.75, 3.05) is 0 Å². The first-order chi connectivity index (χ1) is 12.4. The quantitative estimate of drug-likeness (QED) is 0.693. The molecule has 2 unspecified atom stereocenters. The van der Waals surface area contributed by atoms with Crippen molar-refractivity contribution in [3.63, 3.8) is 0 Å². The molecule has 3 amide bonds. The standard InChI is InChI=1S/C19H20ClN3O3/c1-12(24)22-16(13-7-9-15(20)10-8-13)11-17(25)23-18(19(21)26)14-5-3-2-4-6-14/h2-10,16,18H,11H2,1H3,(H2,21,26)(H,22,24)(H,23,25). The maximum Gasteiger partial charge on any atom is 0.244 e. The number of hydrogen-bond acceptors (Lipinski definition) is 3. The molecule has 0 aliphatic rings. The van der Waals surface area contributed by atoms with Crippen LogP contribution in [0.15, 0.2) is 54.6 Å². The minimum absolute atomic E-state index is 0.0438. The molecule has 0 aromatic heterocycles. The fraction of sp³-hybridized carbons (Fsp3) is 0.211. The van der Waals surface area contributed by atoms with Crippen molar-refractivity contribution in [2.24, 2.45) is 5.73 Å². The average Bonchev–Trinajstić information content (AvgIpc) is 2.60. The highest BCUT2D eigenvalue weighted by Crippen LogP contribution is 2.20. The average molecular weight is 374 g/mol. The molecule has 4 N–H and O–H groups in total. The summed E-state index contributed by atoms with van der Waals surface area (Å²) in [4.78, 5) is 35.7. The molecule has 6 nitrogen and oxygen atoms in total. The van der Waals surface area contributed by atoms with E-state index in [1.54, 1.807) is 54.6 Å². The van der Waals surface area contributed by atoms with Gasteiger partial charge in [0, 0.05) is 11.9 Å². The molecule has 0 heterocycles. The highest BCUT2D eigenvalue weighted by atomic mass is 35.5. The second-order valence-electron chi connectivity index (χ2n) is 5.82. The van der Waals surface area contributed by atoms with Crippen molar-refractivity contribution in [3.8, 4) is 0 Å². The Kier molecular flexibility index (Phi) is 6.74. The number of primary amides is 1. The van der Waals surface area contributed by atoms with Crippen molar-refractivity contribution < 1.29 is 14.4 Å². The summed E-state index contributed by atoms with van der Waals surface area (Å²) in [6, 6.07) is 14.1. The van der Waals surface area contributed by atoms with Gasteiger partial charge in [-0.05, 0) is 23.3 Å². The summed E-state index contributed by atoms with van der Waals surface area (Å²) in [5.41, 5.74) is 6.74. The van der Waals surface area contributed by atoms with Gasteiger partial charge in [-0.25, -0.2) is 0 Å². The van der Waals surface area contributed by atoms with Crippen molar-refractivity contribution in [2.45, 2.75) is 25.4 Å². The summed E-state index contributed by atoms with van der Waals surface area (Å²) in [6.07, 6.45) is -0.0438. The Bertz CT molecular complexity index is 778. The van der Waals surface area contributed by atoms with Crippen molar-refractivity contribution in [3.05, 3.63) is 70.7 Å². The van der Waals surface area contributed by atoms with E-state index in [0.717, 1.165) is 5.56 Å². The molecule has 2 aromatic carbocycles. The number of amides is 3. The van der Waals surface area contributed by atoms with Crippen molar-refractivity contribution >= 4 is 29.3 Å². The molecule has 26 heavy (non-hydrogen) atoms. The number of carbonyl (C=O) groups excluding carboxylic acids is 3. The Balaban J connectivity index is 2.14. The van der Waals surface area contributed by atoms with E-state index < -0.39 is 23.9 Å². The fourth-order valence-electron chi connectivity index (χ4n) is 2.56. The number of nitrogens with one attached hydrogen (secondary N) is 2. The van der Waals surface area contributed by atoms with E-state index in [-0.39, 0.29) is 12.3 Å². The minimum Gasteiger partial charge on any atom is -0.368 e. The first kappa shape index (κ1) is 19.5. The zero-order valence-electron chi connectivity index (χ0n) is 14.2. The normalized spacial score (nSPS) is 12.7. The Labute approximate surface area is 156 Å². The third-order valence-electron chi connectivity index (χ3n) is 3.76. The van der Waals surface area contributed by atoms with Gasteiger partial charge in [0.05, 0.1) is 12.5 Å². The van der Waals surface area contributed by atoms with E-state index in [1.165, 1.54) is 6.92 Å². The lowest BCUT2D eigenvalue weighted by Crippen LogP contribution is -2.39. The molecular weight excluding hydrogens is 354 g/mol. The third-order valence-corrected chi connectivity index (χ3v) is 4.01. The van der Waals surface area contributed by atoms with Crippen LogP contribution >= 0.6 is 11.6 Å². The van der Waals surface area contributed by atoms with Crippen molar-refractivity contribution in [1.82, 2.24) is 10.6 Å². The molecule has 2 rings (SSSR count). The zero-order valence-corrected chi connectivity index (χ0v) is 15.0. The number of rotatable bonds is 7. The van der Waals surface area contributed by atoms with Gasteiger partial charge in [-0.15, -0.1) is 0 Å². The second-order valence-corrected chi connectivity index (χ2v) is 6.26. The predicted octanol–water partition coefficient (Wildman–Crippen LogP) is 2.25. The van der Waals surface area contributed by atoms with Gasteiger partial charge in [-0.1, -0.05) is 54.1 Å². The van der Waals surface area contributed by atoms with Crippen LogP contribution in [0.2, 0.25) is 5.02 Å². The summed E-state index contributed by atoms with van der Waals surface area (Å²) < 4.78 is 0. The molecule has 0 saturated carbocycles. The maximum absolute atomic E-state index is 12.5. The first-order valence-electron chi connectivity index (χ1n) is 8.03. The van der Waals surface area contributed by atoms with Gasteiger partial charge in [0.1, 0.15) is 6.04 Å². The summed E-state index contributed by atoms with van der Waals surface area (Å²) >= 11 is 5.88. The molecule has 0 fully saturated rings. The van der Waals surface area contributed by atoms with E-state index in [0.29, 0.717) is 10.6 Å². The van der Waals surface area contributed by atoms with Crippen LogP contribution in [-0.4, -0.2) is 17.7 Å². The van der Waals surface area contributed by atoms with E-state index in [9.17, 15) is 14.4 Å². The van der Waals surface area contributed by atoms with Gasteiger partial charge in [0.2, 0.25) is 17.7 Å². The number of hydrogen-bond donors (Lipinski definition) is 3. The van der Waals surface area contributed by atoms with Gasteiger partial charge in [0.25, 0.3) is 0 Å². The van der Waals surface area contributed by atoms with Gasteiger partial charge >= 0.3 is 0 Å². The summed E-state index contributed by atoms with van der Waals surface area (Å²) in [5, 5.41) is 5.91. The SMILES string of the molecule is CC(=O)NC(CC(=O)NC(C(N)=O)c1ccccc1)c1ccc(Cl)cc1. The minimum atomic E-state index is -0.938. The Morgan fingerprint density at radius 3 is 2.12 bits per heavy atom. The van der Waals surface area contributed by atoms with Crippen LogP contribution < -0.4 is 16.4 Å². The van der Waals surface area contributed by atoms with Crippen LogP contribution in [0.5, 0.6) is 0 Å². The molecule has 0 spiro atoms.